The zero-order valence-electron chi connectivity index (χ0n) is 12.2. The molecular formula is C16H22ClN3O. The molecule has 0 bridgehead atoms. The van der Waals surface area contributed by atoms with E-state index in [4.69, 9.17) is 11.6 Å². The van der Waals surface area contributed by atoms with Gasteiger partial charge < -0.3 is 10.2 Å². The highest BCUT2D eigenvalue weighted by Crippen LogP contribution is 2.27. The second-order valence-corrected chi connectivity index (χ2v) is 6.30. The zero-order valence-corrected chi connectivity index (χ0v) is 13.0. The zero-order chi connectivity index (χ0) is 14.7. The van der Waals surface area contributed by atoms with E-state index >= 15 is 0 Å². The number of hydrogen-bond donors (Lipinski definition) is 1. The molecule has 1 aromatic carbocycles. The van der Waals surface area contributed by atoms with Gasteiger partial charge in [-0.2, -0.15) is 0 Å². The molecule has 1 aromatic rings. The molecule has 2 amide bonds. The summed E-state index contributed by atoms with van der Waals surface area (Å²) in [6, 6.07) is 8.65. The highest BCUT2D eigenvalue weighted by atomic mass is 35.5. The summed E-state index contributed by atoms with van der Waals surface area (Å²) >= 11 is 5.95. The van der Waals surface area contributed by atoms with Gasteiger partial charge in [0, 0.05) is 43.8 Å². The first-order chi connectivity index (χ1) is 10.2. The lowest BCUT2D eigenvalue weighted by Gasteiger charge is -2.34. The first-order valence-electron chi connectivity index (χ1n) is 7.73. The molecule has 114 valence electrons. The van der Waals surface area contributed by atoms with Gasteiger partial charge in [-0.1, -0.05) is 23.7 Å². The minimum absolute atomic E-state index is 0.0625. The SMILES string of the molecule is O=C(NCCc1cccc(Cl)c1)N1CCN(C2CC2)CC1. The Morgan fingerprint density at radius 2 is 2.00 bits per heavy atom. The number of nitrogens with one attached hydrogen (secondary N) is 1. The maximum absolute atomic E-state index is 12.1. The van der Waals surface area contributed by atoms with Crippen LogP contribution in [0.2, 0.25) is 5.02 Å². The molecule has 5 heteroatoms. The number of rotatable bonds is 4. The Bertz CT molecular complexity index is 496. The standard InChI is InChI=1S/C16H22ClN3O/c17-14-3-1-2-13(12-14)6-7-18-16(21)20-10-8-19(9-11-20)15-4-5-15/h1-3,12,15H,4-11H2,(H,18,21). The van der Waals surface area contributed by atoms with E-state index in [0.717, 1.165) is 49.2 Å². The summed E-state index contributed by atoms with van der Waals surface area (Å²) in [7, 11) is 0. The molecule has 1 aliphatic heterocycles. The second-order valence-electron chi connectivity index (χ2n) is 5.87. The minimum atomic E-state index is 0.0625. The third-order valence-corrected chi connectivity index (χ3v) is 4.48. The molecule has 4 nitrogen and oxygen atoms in total. The largest absolute Gasteiger partial charge is 0.338 e. The highest BCUT2D eigenvalue weighted by Gasteiger charge is 2.32. The average molecular weight is 308 g/mol. The van der Waals surface area contributed by atoms with Crippen molar-refractivity contribution >= 4 is 17.6 Å². The molecule has 1 aliphatic carbocycles. The van der Waals surface area contributed by atoms with Crippen molar-refractivity contribution in [2.24, 2.45) is 0 Å². The molecule has 3 rings (SSSR count). The van der Waals surface area contributed by atoms with Crippen molar-refractivity contribution in [1.29, 1.82) is 0 Å². The molecule has 1 heterocycles. The van der Waals surface area contributed by atoms with Crippen LogP contribution < -0.4 is 5.32 Å². The molecule has 1 N–H and O–H groups in total. The van der Waals surface area contributed by atoms with Crippen molar-refractivity contribution in [3.63, 3.8) is 0 Å². The molecule has 21 heavy (non-hydrogen) atoms. The Morgan fingerprint density at radius 1 is 1.24 bits per heavy atom. The Hall–Kier alpha value is -1.26. The third kappa shape index (κ3) is 4.11. The Labute approximate surface area is 131 Å². The normalized spacial score (nSPS) is 19.6. The molecular weight excluding hydrogens is 286 g/mol. The number of carbonyl (C=O) groups is 1. The Kier molecular flexibility index (Phi) is 4.66. The lowest BCUT2D eigenvalue weighted by atomic mass is 10.1. The van der Waals surface area contributed by atoms with Gasteiger partial charge in [0.1, 0.15) is 0 Å². The van der Waals surface area contributed by atoms with E-state index in [0.29, 0.717) is 6.54 Å². The number of piperazine rings is 1. The van der Waals surface area contributed by atoms with Crippen molar-refractivity contribution < 1.29 is 4.79 Å². The summed E-state index contributed by atoms with van der Waals surface area (Å²) in [5.41, 5.74) is 1.15. The number of halogens is 1. The van der Waals surface area contributed by atoms with Gasteiger partial charge in [0.25, 0.3) is 0 Å². The van der Waals surface area contributed by atoms with Crippen LogP contribution in [0.5, 0.6) is 0 Å². The van der Waals surface area contributed by atoms with Crippen molar-refractivity contribution in [3.05, 3.63) is 34.9 Å². The molecule has 0 atom stereocenters. The number of benzene rings is 1. The van der Waals surface area contributed by atoms with Crippen LogP contribution in [0, 0.1) is 0 Å². The van der Waals surface area contributed by atoms with Crippen molar-refractivity contribution in [1.82, 2.24) is 15.1 Å². The van der Waals surface area contributed by atoms with Crippen molar-refractivity contribution in [2.45, 2.75) is 25.3 Å². The first kappa shape index (κ1) is 14.7. The third-order valence-electron chi connectivity index (χ3n) is 4.24. The van der Waals surface area contributed by atoms with Crippen LogP contribution in [0.25, 0.3) is 0 Å². The fourth-order valence-electron chi connectivity index (χ4n) is 2.85. The fraction of sp³-hybridized carbons (Fsp3) is 0.562. The quantitative estimate of drug-likeness (QED) is 0.927. The molecule has 0 unspecified atom stereocenters. The summed E-state index contributed by atoms with van der Waals surface area (Å²) in [6.07, 6.45) is 3.49. The molecule has 2 aliphatic rings. The van der Waals surface area contributed by atoms with E-state index in [1.54, 1.807) is 0 Å². The van der Waals surface area contributed by atoms with Crippen LogP contribution in [0.4, 0.5) is 4.79 Å². The lowest BCUT2D eigenvalue weighted by Crippen LogP contribution is -2.52. The minimum Gasteiger partial charge on any atom is -0.338 e. The summed E-state index contributed by atoms with van der Waals surface area (Å²) < 4.78 is 0. The monoisotopic (exact) mass is 307 g/mol. The number of hydrogen-bond acceptors (Lipinski definition) is 2. The highest BCUT2D eigenvalue weighted by molar-refractivity contribution is 6.30. The summed E-state index contributed by atoms with van der Waals surface area (Å²) in [4.78, 5) is 16.6. The molecule has 0 spiro atoms. The maximum atomic E-state index is 12.1. The van der Waals surface area contributed by atoms with Crippen LogP contribution in [0.1, 0.15) is 18.4 Å². The topological polar surface area (TPSA) is 35.6 Å². The van der Waals surface area contributed by atoms with Gasteiger partial charge in [-0.15, -0.1) is 0 Å². The number of nitrogens with zero attached hydrogens (tertiary/aromatic N) is 2. The molecule has 1 saturated heterocycles. The van der Waals surface area contributed by atoms with Gasteiger partial charge in [-0.3, -0.25) is 4.90 Å². The molecule has 1 saturated carbocycles. The van der Waals surface area contributed by atoms with E-state index in [-0.39, 0.29) is 6.03 Å². The van der Waals surface area contributed by atoms with Crippen LogP contribution in [-0.2, 0) is 6.42 Å². The second kappa shape index (κ2) is 6.67. The van der Waals surface area contributed by atoms with E-state index in [1.807, 2.05) is 29.2 Å². The van der Waals surface area contributed by atoms with Gasteiger partial charge in [-0.25, -0.2) is 4.79 Å². The number of urea groups is 1. The van der Waals surface area contributed by atoms with Crippen molar-refractivity contribution in [2.75, 3.05) is 32.7 Å². The summed E-state index contributed by atoms with van der Waals surface area (Å²) in [5, 5.41) is 3.75. The summed E-state index contributed by atoms with van der Waals surface area (Å²) in [6.45, 7) is 4.39. The average Bonchev–Trinajstić information content (AvgIpc) is 3.32. The van der Waals surface area contributed by atoms with E-state index in [1.165, 1.54) is 12.8 Å². The molecule has 0 aromatic heterocycles. The molecule has 0 radical (unpaired) electrons. The Balaban J connectivity index is 1.38. The van der Waals surface area contributed by atoms with Crippen LogP contribution in [0.15, 0.2) is 24.3 Å². The fourth-order valence-corrected chi connectivity index (χ4v) is 3.06. The maximum Gasteiger partial charge on any atom is 0.317 e. The first-order valence-corrected chi connectivity index (χ1v) is 8.11. The van der Waals surface area contributed by atoms with Gasteiger partial charge in [0.2, 0.25) is 0 Å². The number of carbonyl (C=O) groups excluding carboxylic acids is 1. The van der Waals surface area contributed by atoms with E-state index in [2.05, 4.69) is 10.2 Å². The predicted octanol–water partition coefficient (Wildman–Crippen LogP) is 2.37. The van der Waals surface area contributed by atoms with Crippen LogP contribution in [0.3, 0.4) is 0 Å². The van der Waals surface area contributed by atoms with Gasteiger partial charge in [0.15, 0.2) is 0 Å². The van der Waals surface area contributed by atoms with Gasteiger partial charge in [0.05, 0.1) is 0 Å². The lowest BCUT2D eigenvalue weighted by molar-refractivity contribution is 0.135. The van der Waals surface area contributed by atoms with Crippen LogP contribution in [-0.4, -0.2) is 54.6 Å². The smallest absolute Gasteiger partial charge is 0.317 e. The van der Waals surface area contributed by atoms with Gasteiger partial charge in [-0.05, 0) is 37.0 Å². The van der Waals surface area contributed by atoms with Crippen LogP contribution >= 0.6 is 11.6 Å². The summed E-state index contributed by atoms with van der Waals surface area (Å²) in [5.74, 6) is 0. The number of amides is 2. The van der Waals surface area contributed by atoms with E-state index in [9.17, 15) is 4.79 Å². The van der Waals surface area contributed by atoms with Crippen molar-refractivity contribution in [3.8, 4) is 0 Å². The molecule has 2 fully saturated rings. The van der Waals surface area contributed by atoms with Gasteiger partial charge >= 0.3 is 6.03 Å². The predicted molar refractivity (Wildman–Crippen MR) is 84.7 cm³/mol. The Morgan fingerprint density at radius 3 is 2.67 bits per heavy atom. The van der Waals surface area contributed by atoms with E-state index < -0.39 is 0 Å².